The predicted octanol–water partition coefficient (Wildman–Crippen LogP) is 5.57. The van der Waals surface area contributed by atoms with Crippen molar-refractivity contribution >= 4 is 35.1 Å². The van der Waals surface area contributed by atoms with Crippen molar-refractivity contribution in [2.45, 2.75) is 25.7 Å². The van der Waals surface area contributed by atoms with Crippen molar-refractivity contribution in [1.29, 1.82) is 0 Å². The Kier molecular flexibility index (Phi) is 8.45. The van der Waals surface area contributed by atoms with Crippen LogP contribution >= 0.6 is 23.2 Å². The first-order valence-corrected chi connectivity index (χ1v) is 9.18. The molecule has 0 N–H and O–H groups in total. The molecular formula is C20H20Cl2O4. The average molecular weight is 395 g/mol. The van der Waals surface area contributed by atoms with Crippen molar-refractivity contribution < 1.29 is 19.1 Å². The zero-order chi connectivity index (χ0) is 18.8. The summed E-state index contributed by atoms with van der Waals surface area (Å²) in [6.45, 7) is 0.674. The molecule has 26 heavy (non-hydrogen) atoms. The lowest BCUT2D eigenvalue weighted by Crippen LogP contribution is -2.08. The summed E-state index contributed by atoms with van der Waals surface area (Å²) in [5.74, 6) is -0.825. The Morgan fingerprint density at radius 1 is 0.654 bits per heavy atom. The van der Waals surface area contributed by atoms with E-state index in [4.69, 9.17) is 32.7 Å². The predicted molar refractivity (Wildman–Crippen MR) is 102 cm³/mol. The van der Waals surface area contributed by atoms with Gasteiger partial charge in [0.25, 0.3) is 0 Å². The highest BCUT2D eigenvalue weighted by Crippen LogP contribution is 2.17. The molecule has 0 aromatic heterocycles. The Morgan fingerprint density at radius 2 is 1.04 bits per heavy atom. The van der Waals surface area contributed by atoms with Crippen LogP contribution in [0.2, 0.25) is 10.0 Å². The summed E-state index contributed by atoms with van der Waals surface area (Å²) < 4.78 is 10.4. The van der Waals surface area contributed by atoms with Gasteiger partial charge in [-0.2, -0.15) is 0 Å². The van der Waals surface area contributed by atoms with Crippen LogP contribution in [-0.2, 0) is 9.47 Å². The number of ether oxygens (including phenoxy) is 2. The third-order valence-corrected chi connectivity index (χ3v) is 4.35. The van der Waals surface area contributed by atoms with Crippen LogP contribution in [0.15, 0.2) is 48.5 Å². The SMILES string of the molecule is O=C(OCCCCCCOC(=O)c1ccccc1Cl)c1ccccc1Cl. The van der Waals surface area contributed by atoms with E-state index in [2.05, 4.69) is 0 Å². The van der Waals surface area contributed by atoms with Crippen molar-refractivity contribution in [3.05, 3.63) is 69.7 Å². The van der Waals surface area contributed by atoms with E-state index in [9.17, 15) is 9.59 Å². The molecule has 2 aromatic rings. The van der Waals surface area contributed by atoms with Crippen LogP contribution in [0.1, 0.15) is 46.4 Å². The van der Waals surface area contributed by atoms with Crippen molar-refractivity contribution in [3.63, 3.8) is 0 Å². The second kappa shape index (κ2) is 10.8. The third-order valence-electron chi connectivity index (χ3n) is 3.69. The minimum absolute atomic E-state index is 0.337. The van der Waals surface area contributed by atoms with E-state index in [0.717, 1.165) is 25.7 Å². The molecule has 0 bridgehead atoms. The highest BCUT2D eigenvalue weighted by atomic mass is 35.5. The summed E-state index contributed by atoms with van der Waals surface area (Å²) in [6, 6.07) is 13.6. The Balaban J connectivity index is 1.55. The van der Waals surface area contributed by atoms with Gasteiger partial charge in [0.05, 0.1) is 34.4 Å². The molecule has 0 fully saturated rings. The summed E-state index contributed by atoms with van der Waals surface area (Å²) in [5.41, 5.74) is 0.751. The molecule has 0 aliphatic heterocycles. The maximum atomic E-state index is 11.9. The lowest BCUT2D eigenvalue weighted by Gasteiger charge is -2.07. The number of unbranched alkanes of at least 4 members (excludes halogenated alkanes) is 3. The van der Waals surface area contributed by atoms with Gasteiger partial charge in [-0.1, -0.05) is 47.5 Å². The Bertz CT molecular complexity index is 683. The third kappa shape index (κ3) is 6.36. The smallest absolute Gasteiger partial charge is 0.339 e. The minimum Gasteiger partial charge on any atom is -0.462 e. The van der Waals surface area contributed by atoms with Crippen molar-refractivity contribution in [1.82, 2.24) is 0 Å². The van der Waals surface area contributed by atoms with Gasteiger partial charge in [-0.25, -0.2) is 9.59 Å². The highest BCUT2D eigenvalue weighted by Gasteiger charge is 2.11. The van der Waals surface area contributed by atoms with Crippen LogP contribution in [0.25, 0.3) is 0 Å². The summed E-state index contributed by atoms with van der Waals surface area (Å²) in [7, 11) is 0. The fourth-order valence-electron chi connectivity index (χ4n) is 2.30. The van der Waals surface area contributed by atoms with E-state index in [1.165, 1.54) is 0 Å². The molecule has 138 valence electrons. The maximum absolute atomic E-state index is 11.9. The van der Waals surface area contributed by atoms with E-state index < -0.39 is 11.9 Å². The van der Waals surface area contributed by atoms with Gasteiger partial charge in [0.1, 0.15) is 0 Å². The summed E-state index contributed by atoms with van der Waals surface area (Å²) in [4.78, 5) is 23.7. The van der Waals surface area contributed by atoms with E-state index in [1.807, 2.05) is 0 Å². The number of hydrogen-bond donors (Lipinski definition) is 0. The van der Waals surface area contributed by atoms with Crippen LogP contribution in [0, 0.1) is 0 Å². The second-order valence-corrected chi connectivity index (χ2v) is 6.46. The topological polar surface area (TPSA) is 52.6 Å². The molecule has 6 heteroatoms. The second-order valence-electron chi connectivity index (χ2n) is 5.65. The van der Waals surface area contributed by atoms with Crippen molar-refractivity contribution in [2.24, 2.45) is 0 Å². The molecule has 0 aliphatic rings. The van der Waals surface area contributed by atoms with Gasteiger partial charge in [-0.3, -0.25) is 0 Å². The maximum Gasteiger partial charge on any atom is 0.339 e. The van der Waals surface area contributed by atoms with E-state index in [-0.39, 0.29) is 0 Å². The molecule has 2 aromatic carbocycles. The Morgan fingerprint density at radius 3 is 1.42 bits per heavy atom. The van der Waals surface area contributed by atoms with Crippen LogP contribution in [-0.4, -0.2) is 25.2 Å². The van der Waals surface area contributed by atoms with Gasteiger partial charge in [0.2, 0.25) is 0 Å². The monoisotopic (exact) mass is 394 g/mol. The number of rotatable bonds is 9. The van der Waals surface area contributed by atoms with Crippen LogP contribution in [0.3, 0.4) is 0 Å². The zero-order valence-corrected chi connectivity index (χ0v) is 15.8. The van der Waals surface area contributed by atoms with Gasteiger partial charge in [0, 0.05) is 0 Å². The highest BCUT2D eigenvalue weighted by molar-refractivity contribution is 6.33. The van der Waals surface area contributed by atoms with Gasteiger partial charge < -0.3 is 9.47 Å². The zero-order valence-electron chi connectivity index (χ0n) is 14.3. The lowest BCUT2D eigenvalue weighted by molar-refractivity contribution is 0.0474. The molecule has 0 atom stereocenters. The molecule has 2 rings (SSSR count). The van der Waals surface area contributed by atoms with E-state index in [0.29, 0.717) is 34.4 Å². The standard InChI is InChI=1S/C20H20Cl2O4/c21-17-11-5-3-9-15(17)19(23)25-13-7-1-2-8-14-26-20(24)16-10-4-6-12-18(16)22/h3-6,9-12H,1-2,7-8,13-14H2. The molecule has 4 nitrogen and oxygen atoms in total. The van der Waals surface area contributed by atoms with Gasteiger partial charge in [0.15, 0.2) is 0 Å². The summed E-state index contributed by atoms with van der Waals surface area (Å²) in [6.07, 6.45) is 3.24. The number of carbonyl (C=O) groups excluding carboxylic acids is 2. The van der Waals surface area contributed by atoms with Crippen LogP contribution in [0.5, 0.6) is 0 Å². The number of hydrogen-bond acceptors (Lipinski definition) is 4. The first kappa shape index (κ1) is 20.3. The molecule has 0 saturated heterocycles. The largest absolute Gasteiger partial charge is 0.462 e. The molecule has 0 heterocycles. The van der Waals surface area contributed by atoms with Gasteiger partial charge >= 0.3 is 11.9 Å². The first-order chi connectivity index (χ1) is 12.6. The molecule has 0 saturated carbocycles. The van der Waals surface area contributed by atoms with Crippen molar-refractivity contribution in [3.8, 4) is 0 Å². The van der Waals surface area contributed by atoms with Gasteiger partial charge in [-0.15, -0.1) is 0 Å². The molecule has 0 amide bonds. The minimum atomic E-state index is -0.413. The molecule has 0 aliphatic carbocycles. The molecular weight excluding hydrogens is 375 g/mol. The Hall–Kier alpha value is -2.04. The lowest BCUT2D eigenvalue weighted by atomic mass is 10.2. The van der Waals surface area contributed by atoms with Crippen molar-refractivity contribution in [2.75, 3.05) is 13.2 Å². The van der Waals surface area contributed by atoms with Crippen LogP contribution < -0.4 is 0 Å². The number of esters is 2. The van der Waals surface area contributed by atoms with Gasteiger partial charge in [-0.05, 0) is 49.9 Å². The number of halogens is 2. The molecule has 0 radical (unpaired) electrons. The summed E-state index contributed by atoms with van der Waals surface area (Å²) >= 11 is 11.9. The Labute approximate surface area is 163 Å². The van der Waals surface area contributed by atoms with E-state index >= 15 is 0 Å². The van der Waals surface area contributed by atoms with Crippen LogP contribution in [0.4, 0.5) is 0 Å². The quantitative estimate of drug-likeness (QED) is 0.412. The number of benzene rings is 2. The number of carbonyl (C=O) groups is 2. The summed E-state index contributed by atoms with van der Waals surface area (Å²) in [5, 5.41) is 0.774. The molecule has 0 spiro atoms. The first-order valence-electron chi connectivity index (χ1n) is 8.43. The average Bonchev–Trinajstić information content (AvgIpc) is 2.64. The fourth-order valence-corrected chi connectivity index (χ4v) is 2.72. The fraction of sp³-hybridized carbons (Fsp3) is 0.300. The molecule has 0 unspecified atom stereocenters. The normalized spacial score (nSPS) is 10.4. The van der Waals surface area contributed by atoms with E-state index in [1.54, 1.807) is 48.5 Å².